The summed E-state index contributed by atoms with van der Waals surface area (Å²) in [7, 11) is 0. The lowest BCUT2D eigenvalue weighted by Gasteiger charge is -2.29. The Bertz CT molecular complexity index is 897. The fourth-order valence-corrected chi connectivity index (χ4v) is 5.09. The second-order valence-corrected chi connectivity index (χ2v) is 8.98. The van der Waals surface area contributed by atoms with Gasteiger partial charge in [0.2, 0.25) is 0 Å². The molecule has 28 heavy (non-hydrogen) atoms. The monoisotopic (exact) mass is 397 g/mol. The van der Waals surface area contributed by atoms with Crippen LogP contribution in [0.1, 0.15) is 68.9 Å². The van der Waals surface area contributed by atoms with Crippen LogP contribution in [0, 0.1) is 11.7 Å². The maximum atomic E-state index is 13.3. The van der Waals surface area contributed by atoms with Gasteiger partial charge < -0.3 is 4.74 Å². The first-order valence-electron chi connectivity index (χ1n) is 10.5. The number of ether oxygens (including phenoxy) is 1. The lowest BCUT2D eigenvalue weighted by molar-refractivity contribution is 0.302. The molecule has 1 heterocycles. The fraction of sp³-hybridized carbons (Fsp3) is 0.458. The number of hydrogen-bond donors (Lipinski definition) is 0. The predicted octanol–water partition coefficient (Wildman–Crippen LogP) is 7.48. The van der Waals surface area contributed by atoms with Crippen LogP contribution in [0.15, 0.2) is 42.5 Å². The van der Waals surface area contributed by atoms with Gasteiger partial charge in [0.25, 0.3) is 5.19 Å². The van der Waals surface area contributed by atoms with Gasteiger partial charge in [0, 0.05) is 0 Å². The van der Waals surface area contributed by atoms with Crippen molar-refractivity contribution in [3.8, 4) is 5.19 Å². The van der Waals surface area contributed by atoms with Crippen molar-refractivity contribution < 1.29 is 9.13 Å². The van der Waals surface area contributed by atoms with Crippen molar-refractivity contribution in [2.24, 2.45) is 5.92 Å². The second-order valence-electron chi connectivity index (χ2n) is 7.98. The van der Waals surface area contributed by atoms with Crippen LogP contribution in [0.3, 0.4) is 0 Å². The molecule has 0 spiro atoms. The first kappa shape index (κ1) is 19.4. The first-order chi connectivity index (χ1) is 13.7. The smallest absolute Gasteiger partial charge is 0.274 e. The molecular formula is C24H28FNOS. The van der Waals surface area contributed by atoms with E-state index in [0.717, 1.165) is 21.7 Å². The average Bonchev–Trinajstić information content (AvgIpc) is 3.13. The molecule has 2 aromatic carbocycles. The molecule has 0 saturated heterocycles. The van der Waals surface area contributed by atoms with E-state index in [4.69, 9.17) is 4.74 Å². The molecule has 1 aromatic heterocycles. The van der Waals surface area contributed by atoms with Gasteiger partial charge in [-0.05, 0) is 66.8 Å². The van der Waals surface area contributed by atoms with E-state index in [-0.39, 0.29) is 5.82 Å². The molecule has 0 bridgehead atoms. The van der Waals surface area contributed by atoms with Crippen LogP contribution in [-0.4, -0.2) is 4.98 Å². The summed E-state index contributed by atoms with van der Waals surface area (Å²) in [4.78, 5) is 4.42. The Balaban J connectivity index is 1.31. The number of fused-ring (bicyclic) bond motifs is 1. The summed E-state index contributed by atoms with van der Waals surface area (Å²) < 4.78 is 20.0. The molecule has 0 atom stereocenters. The van der Waals surface area contributed by atoms with Crippen molar-refractivity contribution in [3.63, 3.8) is 0 Å². The quantitative estimate of drug-likeness (QED) is 0.412. The van der Waals surface area contributed by atoms with Crippen molar-refractivity contribution in [2.75, 3.05) is 0 Å². The second kappa shape index (κ2) is 9.04. The summed E-state index contributed by atoms with van der Waals surface area (Å²) in [6.07, 6.45) is 9.53. The highest BCUT2D eigenvalue weighted by molar-refractivity contribution is 7.20. The lowest BCUT2D eigenvalue weighted by Crippen LogP contribution is -2.13. The van der Waals surface area contributed by atoms with Crippen LogP contribution in [-0.2, 0) is 6.61 Å². The van der Waals surface area contributed by atoms with Crippen LogP contribution in [0.4, 0.5) is 4.39 Å². The number of unbranched alkanes of at least 4 members (excludes halogenated alkanes) is 1. The van der Waals surface area contributed by atoms with Gasteiger partial charge in [-0.15, -0.1) is 0 Å². The number of aromatic nitrogens is 1. The number of thiazole rings is 1. The van der Waals surface area contributed by atoms with Gasteiger partial charge in [0.05, 0.1) is 10.2 Å². The maximum absolute atomic E-state index is 13.3. The molecule has 2 nitrogen and oxygen atoms in total. The van der Waals surface area contributed by atoms with Gasteiger partial charge in [-0.25, -0.2) is 9.37 Å². The summed E-state index contributed by atoms with van der Waals surface area (Å²) >= 11 is 1.39. The fourth-order valence-electron chi connectivity index (χ4n) is 4.25. The Morgan fingerprint density at radius 2 is 1.86 bits per heavy atom. The van der Waals surface area contributed by atoms with E-state index in [9.17, 15) is 4.39 Å². The molecule has 0 radical (unpaired) electrons. The van der Waals surface area contributed by atoms with Crippen molar-refractivity contribution in [2.45, 2.75) is 64.4 Å². The molecule has 148 valence electrons. The Morgan fingerprint density at radius 1 is 1.07 bits per heavy atom. The third-order valence-corrected chi connectivity index (χ3v) is 6.89. The molecule has 0 N–H and O–H groups in total. The zero-order chi connectivity index (χ0) is 19.3. The highest BCUT2D eigenvalue weighted by atomic mass is 32.1. The normalized spacial score (nSPS) is 19.8. The van der Waals surface area contributed by atoms with E-state index in [0.29, 0.717) is 17.7 Å². The Morgan fingerprint density at radius 3 is 2.61 bits per heavy atom. The molecule has 4 heteroatoms. The van der Waals surface area contributed by atoms with Crippen molar-refractivity contribution in [1.82, 2.24) is 4.98 Å². The lowest BCUT2D eigenvalue weighted by atomic mass is 9.77. The minimum Gasteiger partial charge on any atom is -0.465 e. The van der Waals surface area contributed by atoms with E-state index < -0.39 is 0 Å². The van der Waals surface area contributed by atoms with E-state index in [1.54, 1.807) is 6.07 Å². The highest BCUT2D eigenvalue weighted by Gasteiger charge is 2.21. The van der Waals surface area contributed by atoms with Crippen molar-refractivity contribution >= 4 is 21.6 Å². The van der Waals surface area contributed by atoms with E-state index in [1.807, 2.05) is 0 Å². The molecule has 4 rings (SSSR count). The maximum Gasteiger partial charge on any atom is 0.274 e. The molecule has 1 aliphatic carbocycles. The Hall–Kier alpha value is -1.94. The summed E-state index contributed by atoms with van der Waals surface area (Å²) in [5.74, 6) is 1.43. The predicted molar refractivity (Wildman–Crippen MR) is 115 cm³/mol. The van der Waals surface area contributed by atoms with Crippen LogP contribution in [0.25, 0.3) is 10.2 Å². The summed E-state index contributed by atoms with van der Waals surface area (Å²) in [6.45, 7) is 2.78. The Labute approximate surface area is 170 Å². The number of benzene rings is 2. The Kier molecular flexibility index (Phi) is 6.26. The van der Waals surface area contributed by atoms with Crippen LogP contribution >= 0.6 is 11.3 Å². The van der Waals surface area contributed by atoms with Crippen molar-refractivity contribution in [1.29, 1.82) is 0 Å². The third-order valence-electron chi connectivity index (χ3n) is 5.96. The molecule has 1 aliphatic rings. The molecule has 1 fully saturated rings. The van der Waals surface area contributed by atoms with Crippen molar-refractivity contribution in [3.05, 3.63) is 59.4 Å². The standard InChI is InChI=1S/C24H28FNOS/c1-2-3-4-17-5-9-19(10-6-17)20-11-7-18(8-12-20)16-27-24-26-22-14-13-21(25)15-23(22)28-24/h7-8,11-15,17,19H,2-6,9-10,16H2,1H3/t17-,19-. The zero-order valence-corrected chi connectivity index (χ0v) is 17.3. The third kappa shape index (κ3) is 4.72. The topological polar surface area (TPSA) is 22.1 Å². The van der Waals surface area contributed by atoms with Crippen LogP contribution < -0.4 is 4.74 Å². The largest absolute Gasteiger partial charge is 0.465 e. The molecule has 0 amide bonds. The zero-order valence-electron chi connectivity index (χ0n) is 16.5. The summed E-state index contributed by atoms with van der Waals surface area (Å²) in [5.41, 5.74) is 3.39. The van der Waals surface area contributed by atoms with Gasteiger partial charge in [-0.3, -0.25) is 0 Å². The van der Waals surface area contributed by atoms with Gasteiger partial charge in [0.15, 0.2) is 0 Å². The molecule has 0 aliphatic heterocycles. The molecular weight excluding hydrogens is 369 g/mol. The number of halogens is 1. The SMILES string of the molecule is CCCC[C@H]1CC[C@H](c2ccc(COc3nc4ccc(F)cc4s3)cc2)CC1. The summed E-state index contributed by atoms with van der Waals surface area (Å²) in [5, 5.41) is 0.593. The van der Waals surface area contributed by atoms with Gasteiger partial charge in [0.1, 0.15) is 12.4 Å². The van der Waals surface area contributed by atoms with Crippen LogP contribution in [0.5, 0.6) is 5.19 Å². The number of hydrogen-bond acceptors (Lipinski definition) is 3. The van der Waals surface area contributed by atoms with E-state index >= 15 is 0 Å². The molecule has 3 aromatic rings. The minimum absolute atomic E-state index is 0.238. The molecule has 1 saturated carbocycles. The molecule has 0 unspecified atom stereocenters. The average molecular weight is 398 g/mol. The van der Waals surface area contributed by atoms with Crippen LogP contribution in [0.2, 0.25) is 0 Å². The van der Waals surface area contributed by atoms with E-state index in [1.165, 1.54) is 74.0 Å². The van der Waals surface area contributed by atoms with Gasteiger partial charge in [-0.1, -0.05) is 61.8 Å². The summed E-state index contributed by atoms with van der Waals surface area (Å²) in [6, 6.07) is 13.5. The van der Waals surface area contributed by atoms with E-state index in [2.05, 4.69) is 36.2 Å². The first-order valence-corrected chi connectivity index (χ1v) is 11.3. The van der Waals surface area contributed by atoms with Gasteiger partial charge in [-0.2, -0.15) is 0 Å². The highest BCUT2D eigenvalue weighted by Crippen LogP contribution is 2.37. The number of nitrogens with zero attached hydrogens (tertiary/aromatic N) is 1. The van der Waals surface area contributed by atoms with Gasteiger partial charge >= 0.3 is 0 Å². The minimum atomic E-state index is -0.238. The number of rotatable bonds is 7.